The summed E-state index contributed by atoms with van der Waals surface area (Å²) in [6, 6.07) is -0.261. The van der Waals surface area contributed by atoms with Crippen molar-refractivity contribution in [1.82, 2.24) is 0 Å². The summed E-state index contributed by atoms with van der Waals surface area (Å²) in [5.74, 6) is 5.01. The van der Waals surface area contributed by atoms with Gasteiger partial charge in [-0.05, 0) is 6.42 Å². The maximum atomic E-state index is 11.5. The maximum Gasteiger partial charge on any atom is 0.490 e. The normalized spacial score (nSPS) is 31.6. The third-order valence-electron chi connectivity index (χ3n) is 2.38. The molecule has 22 heavy (non-hydrogen) atoms. The van der Waals surface area contributed by atoms with E-state index in [1.54, 1.807) is 7.85 Å². The Morgan fingerprint density at radius 3 is 2.23 bits per heavy atom. The number of hydrogen-bond acceptors (Lipinski definition) is 9. The van der Waals surface area contributed by atoms with Gasteiger partial charge in [0.25, 0.3) is 0 Å². The Kier molecular flexibility index (Phi) is 6.95. The topological polar surface area (TPSA) is 204 Å². The standard InChI is InChI=1S/C5H15BNO12P3/c6-5-1-3(17-7)4(16-5)2-15-21(11,12)19-22(13,14)18-20(8,9)10/h3-5H,1-2,6-7H2,(H,11,12)(H,13,14)(H2,8,9,10)/t3?,4-,5-/m1/s1. The number of phosphoric acid groups is 3. The Labute approximate surface area is 125 Å². The van der Waals surface area contributed by atoms with Crippen molar-refractivity contribution in [1.29, 1.82) is 0 Å². The summed E-state index contributed by atoms with van der Waals surface area (Å²) in [5, 5.41) is 0. The minimum atomic E-state index is -5.53. The molecule has 13 nitrogen and oxygen atoms in total. The van der Waals surface area contributed by atoms with Crippen LogP contribution in [0.3, 0.4) is 0 Å². The molecule has 0 aliphatic carbocycles. The Balaban J connectivity index is 2.59. The molecule has 0 saturated carbocycles. The Morgan fingerprint density at radius 1 is 1.14 bits per heavy atom. The van der Waals surface area contributed by atoms with Crippen molar-refractivity contribution < 1.29 is 56.0 Å². The summed E-state index contributed by atoms with van der Waals surface area (Å²) in [6.07, 6.45) is -1.09. The van der Waals surface area contributed by atoms with Crippen molar-refractivity contribution in [2.45, 2.75) is 24.6 Å². The highest BCUT2D eigenvalue weighted by molar-refractivity contribution is 7.66. The van der Waals surface area contributed by atoms with E-state index in [1.165, 1.54) is 0 Å². The molecule has 1 heterocycles. The first-order valence-corrected chi connectivity index (χ1v) is 10.1. The second-order valence-corrected chi connectivity index (χ2v) is 8.70. The van der Waals surface area contributed by atoms with Gasteiger partial charge in [0, 0.05) is 6.00 Å². The monoisotopic (exact) mass is 385 g/mol. The van der Waals surface area contributed by atoms with Gasteiger partial charge in [-0.1, -0.05) is 0 Å². The molecule has 0 aromatic carbocycles. The number of ether oxygens (including phenoxy) is 1. The van der Waals surface area contributed by atoms with Crippen molar-refractivity contribution in [2.24, 2.45) is 5.90 Å². The zero-order chi connectivity index (χ0) is 17.2. The van der Waals surface area contributed by atoms with E-state index >= 15 is 0 Å². The Bertz CT molecular complexity index is 523. The number of phosphoric ester groups is 1. The third kappa shape index (κ3) is 7.28. The summed E-state index contributed by atoms with van der Waals surface area (Å²) >= 11 is 0. The molecule has 1 fully saturated rings. The van der Waals surface area contributed by atoms with E-state index in [0.717, 1.165) is 0 Å². The predicted molar refractivity (Wildman–Crippen MR) is 70.7 cm³/mol. The van der Waals surface area contributed by atoms with E-state index in [0.29, 0.717) is 6.42 Å². The van der Waals surface area contributed by atoms with E-state index in [1.807, 2.05) is 0 Å². The van der Waals surface area contributed by atoms with E-state index in [9.17, 15) is 18.6 Å². The molecule has 6 N–H and O–H groups in total. The van der Waals surface area contributed by atoms with Gasteiger partial charge in [0.15, 0.2) is 0 Å². The van der Waals surface area contributed by atoms with Crippen LogP contribution in [0.5, 0.6) is 0 Å². The fourth-order valence-electron chi connectivity index (χ4n) is 1.68. The van der Waals surface area contributed by atoms with E-state index in [-0.39, 0.29) is 6.00 Å². The molecule has 1 saturated heterocycles. The molecule has 130 valence electrons. The van der Waals surface area contributed by atoms with Gasteiger partial charge in [-0.15, -0.1) is 0 Å². The summed E-state index contributed by atoms with van der Waals surface area (Å²) in [4.78, 5) is 39.5. The average Bonchev–Trinajstić information content (AvgIpc) is 2.62. The largest absolute Gasteiger partial charge is 0.490 e. The molecular formula is C5H15BNO12P3. The van der Waals surface area contributed by atoms with Crippen LogP contribution in [0, 0.1) is 0 Å². The summed E-state index contributed by atoms with van der Waals surface area (Å²) in [5.41, 5.74) is 0. The molecule has 0 aromatic rings. The fourth-order valence-corrected chi connectivity index (χ4v) is 4.71. The first-order chi connectivity index (χ1) is 9.84. The lowest BCUT2D eigenvalue weighted by molar-refractivity contribution is -0.0375. The third-order valence-corrected chi connectivity index (χ3v) is 6.18. The van der Waals surface area contributed by atoms with Crippen molar-refractivity contribution >= 4 is 31.3 Å². The molecule has 0 radical (unpaired) electrons. The van der Waals surface area contributed by atoms with Crippen LogP contribution in [0.1, 0.15) is 6.42 Å². The van der Waals surface area contributed by atoms with Crippen LogP contribution in [-0.2, 0) is 36.4 Å². The molecule has 17 heteroatoms. The zero-order valence-electron chi connectivity index (χ0n) is 11.1. The van der Waals surface area contributed by atoms with Crippen LogP contribution in [0.15, 0.2) is 0 Å². The molecule has 0 spiro atoms. The van der Waals surface area contributed by atoms with Crippen LogP contribution < -0.4 is 5.90 Å². The van der Waals surface area contributed by atoms with Gasteiger partial charge in [0.05, 0.1) is 6.61 Å². The van der Waals surface area contributed by atoms with Gasteiger partial charge < -0.3 is 24.3 Å². The summed E-state index contributed by atoms with van der Waals surface area (Å²) < 4.78 is 49.8. The highest BCUT2D eigenvalue weighted by Gasteiger charge is 2.42. The van der Waals surface area contributed by atoms with Gasteiger partial charge in [-0.3, -0.25) is 9.36 Å². The number of rotatable bonds is 8. The van der Waals surface area contributed by atoms with Crippen LogP contribution in [0.2, 0.25) is 0 Å². The molecule has 3 unspecified atom stereocenters. The minimum absolute atomic E-state index is 0.261. The van der Waals surface area contributed by atoms with E-state index in [2.05, 4.69) is 18.0 Å². The lowest BCUT2D eigenvalue weighted by Crippen LogP contribution is -2.31. The van der Waals surface area contributed by atoms with E-state index in [4.69, 9.17) is 25.3 Å². The van der Waals surface area contributed by atoms with Gasteiger partial charge in [-0.2, -0.15) is 8.62 Å². The molecule has 0 amide bonds. The second kappa shape index (κ2) is 7.50. The Hall–Kier alpha value is 0.355. The predicted octanol–water partition coefficient (Wildman–Crippen LogP) is -1.66. The smallest absolute Gasteiger partial charge is 0.379 e. The van der Waals surface area contributed by atoms with Crippen LogP contribution in [0.25, 0.3) is 0 Å². The quantitative estimate of drug-likeness (QED) is 0.180. The van der Waals surface area contributed by atoms with Crippen molar-refractivity contribution in [3.8, 4) is 0 Å². The van der Waals surface area contributed by atoms with Gasteiger partial charge in [0.2, 0.25) is 0 Å². The maximum absolute atomic E-state index is 11.5. The molecule has 1 rings (SSSR count). The van der Waals surface area contributed by atoms with Crippen molar-refractivity contribution in [2.75, 3.05) is 6.61 Å². The average molecular weight is 385 g/mol. The lowest BCUT2D eigenvalue weighted by Gasteiger charge is -2.20. The molecule has 1 aliphatic rings. The van der Waals surface area contributed by atoms with Gasteiger partial charge >= 0.3 is 23.5 Å². The highest BCUT2D eigenvalue weighted by Crippen LogP contribution is 2.66. The van der Waals surface area contributed by atoms with Crippen LogP contribution >= 0.6 is 23.5 Å². The van der Waals surface area contributed by atoms with Crippen LogP contribution in [0.4, 0.5) is 0 Å². The molecule has 0 bridgehead atoms. The van der Waals surface area contributed by atoms with Gasteiger partial charge in [0.1, 0.15) is 20.1 Å². The minimum Gasteiger partial charge on any atom is -0.379 e. The van der Waals surface area contributed by atoms with Crippen LogP contribution in [-0.4, -0.2) is 52.2 Å². The van der Waals surface area contributed by atoms with Crippen molar-refractivity contribution in [3.05, 3.63) is 0 Å². The van der Waals surface area contributed by atoms with Gasteiger partial charge in [-0.25, -0.2) is 19.6 Å². The lowest BCUT2D eigenvalue weighted by atomic mass is 9.96. The van der Waals surface area contributed by atoms with Crippen molar-refractivity contribution in [3.63, 3.8) is 0 Å². The Morgan fingerprint density at radius 2 is 1.73 bits per heavy atom. The molecule has 1 aliphatic heterocycles. The summed E-state index contributed by atoms with van der Waals surface area (Å²) in [7, 11) is -14.4. The SMILES string of the molecule is B[C@H]1CC(ON)[C@@H](COP(=O)(O)OP(=O)(O)OP(=O)(O)O)O1. The molecule has 5 atom stereocenters. The van der Waals surface area contributed by atoms with E-state index < -0.39 is 42.3 Å². The highest BCUT2D eigenvalue weighted by atomic mass is 31.3. The molecular weight excluding hydrogens is 370 g/mol. The zero-order valence-corrected chi connectivity index (χ0v) is 13.8. The first-order valence-electron chi connectivity index (χ1n) is 5.63. The summed E-state index contributed by atoms with van der Waals surface area (Å²) in [6.45, 7) is -0.587. The fraction of sp³-hybridized carbons (Fsp3) is 1.00. The molecule has 0 aromatic heterocycles. The number of hydrogen-bond donors (Lipinski definition) is 5. The second-order valence-electron chi connectivity index (χ2n) is 4.28. The first kappa shape index (κ1) is 20.4. The number of nitrogens with two attached hydrogens (primary N) is 1.